The van der Waals surface area contributed by atoms with Crippen LogP contribution in [0.2, 0.25) is 5.02 Å². The Morgan fingerprint density at radius 3 is 2.84 bits per heavy atom. The Hall–Kier alpha value is -1.45. The van der Waals surface area contributed by atoms with Crippen molar-refractivity contribution >= 4 is 11.6 Å². The molecule has 2 rings (SSSR count). The molecule has 0 spiro atoms. The highest BCUT2D eigenvalue weighted by atomic mass is 35.5. The molecule has 0 saturated carbocycles. The van der Waals surface area contributed by atoms with Gasteiger partial charge >= 0.3 is 0 Å². The van der Waals surface area contributed by atoms with Crippen molar-refractivity contribution < 1.29 is 4.39 Å². The van der Waals surface area contributed by atoms with E-state index in [1.165, 1.54) is 12.1 Å². The minimum Gasteiger partial charge on any atom is -0.322 e. The first-order chi connectivity index (χ1) is 9.11. The van der Waals surface area contributed by atoms with Gasteiger partial charge in [-0.05, 0) is 48.2 Å². The zero-order chi connectivity index (χ0) is 13.8. The highest BCUT2D eigenvalue weighted by molar-refractivity contribution is 6.31. The minimum atomic E-state index is -0.302. The van der Waals surface area contributed by atoms with Crippen molar-refractivity contribution in [2.24, 2.45) is 5.73 Å². The maximum absolute atomic E-state index is 13.2. The Balaban J connectivity index is 2.25. The van der Waals surface area contributed by atoms with Crippen LogP contribution in [0.15, 0.2) is 36.5 Å². The molecule has 1 unspecified atom stereocenters. The zero-order valence-electron chi connectivity index (χ0n) is 10.7. The van der Waals surface area contributed by atoms with Gasteiger partial charge in [0.1, 0.15) is 5.82 Å². The molecule has 100 valence electrons. The van der Waals surface area contributed by atoms with Crippen LogP contribution in [0.4, 0.5) is 4.39 Å². The normalized spacial score (nSPS) is 12.4. The fourth-order valence-electron chi connectivity index (χ4n) is 2.12. The van der Waals surface area contributed by atoms with Crippen molar-refractivity contribution in [3.05, 3.63) is 64.2 Å². The molecule has 0 amide bonds. The lowest BCUT2D eigenvalue weighted by atomic mass is 9.99. The van der Waals surface area contributed by atoms with Crippen LogP contribution < -0.4 is 5.73 Å². The molecule has 0 aliphatic carbocycles. The SMILES string of the molecule is CCc1cccnc1C(N)Cc1cc(F)ccc1Cl. The Labute approximate surface area is 117 Å². The summed E-state index contributed by atoms with van der Waals surface area (Å²) in [5.41, 5.74) is 8.85. The molecule has 1 aromatic carbocycles. The molecule has 0 bridgehead atoms. The van der Waals surface area contributed by atoms with Gasteiger partial charge in [0.2, 0.25) is 0 Å². The molecule has 2 aromatic rings. The highest BCUT2D eigenvalue weighted by Gasteiger charge is 2.14. The van der Waals surface area contributed by atoms with Crippen molar-refractivity contribution in [3.8, 4) is 0 Å². The third-order valence-corrected chi connectivity index (χ3v) is 3.47. The number of nitrogens with two attached hydrogens (primary N) is 1. The van der Waals surface area contributed by atoms with E-state index in [0.717, 1.165) is 17.7 Å². The van der Waals surface area contributed by atoms with Crippen molar-refractivity contribution in [3.63, 3.8) is 0 Å². The van der Waals surface area contributed by atoms with E-state index in [1.807, 2.05) is 12.1 Å². The number of rotatable bonds is 4. The van der Waals surface area contributed by atoms with Gasteiger partial charge in [-0.25, -0.2) is 4.39 Å². The first-order valence-electron chi connectivity index (χ1n) is 6.25. The number of pyridine rings is 1. The highest BCUT2D eigenvalue weighted by Crippen LogP contribution is 2.24. The molecular weight excluding hydrogens is 263 g/mol. The van der Waals surface area contributed by atoms with Crippen LogP contribution in [-0.2, 0) is 12.8 Å². The summed E-state index contributed by atoms with van der Waals surface area (Å²) in [6.07, 6.45) is 3.07. The van der Waals surface area contributed by atoms with E-state index < -0.39 is 0 Å². The summed E-state index contributed by atoms with van der Waals surface area (Å²) < 4.78 is 13.2. The first kappa shape index (κ1) is 14.0. The van der Waals surface area contributed by atoms with E-state index in [4.69, 9.17) is 17.3 Å². The summed E-state index contributed by atoms with van der Waals surface area (Å²) >= 11 is 6.06. The van der Waals surface area contributed by atoms with E-state index in [9.17, 15) is 4.39 Å². The summed E-state index contributed by atoms with van der Waals surface area (Å²) in [6, 6.07) is 7.94. The fourth-order valence-corrected chi connectivity index (χ4v) is 2.31. The molecule has 0 fully saturated rings. The summed E-state index contributed by atoms with van der Waals surface area (Å²) in [4.78, 5) is 4.34. The molecule has 4 heteroatoms. The molecule has 19 heavy (non-hydrogen) atoms. The van der Waals surface area contributed by atoms with Gasteiger partial charge in [-0.15, -0.1) is 0 Å². The Morgan fingerprint density at radius 2 is 2.11 bits per heavy atom. The lowest BCUT2D eigenvalue weighted by Gasteiger charge is -2.15. The molecule has 2 nitrogen and oxygen atoms in total. The van der Waals surface area contributed by atoms with Gasteiger partial charge in [-0.3, -0.25) is 4.98 Å². The number of aromatic nitrogens is 1. The standard InChI is InChI=1S/C15H16ClFN2/c1-2-10-4-3-7-19-15(10)14(18)9-11-8-12(17)5-6-13(11)16/h3-8,14H,2,9,18H2,1H3. The predicted octanol–water partition coefficient (Wildman–Crippen LogP) is 3.68. The number of hydrogen-bond acceptors (Lipinski definition) is 2. The Morgan fingerprint density at radius 1 is 1.32 bits per heavy atom. The topological polar surface area (TPSA) is 38.9 Å². The van der Waals surface area contributed by atoms with E-state index in [-0.39, 0.29) is 11.9 Å². The van der Waals surface area contributed by atoms with Crippen molar-refractivity contribution in [1.82, 2.24) is 4.98 Å². The van der Waals surface area contributed by atoms with Gasteiger partial charge in [-0.1, -0.05) is 24.6 Å². The van der Waals surface area contributed by atoms with Crippen molar-refractivity contribution in [2.45, 2.75) is 25.8 Å². The van der Waals surface area contributed by atoms with Crippen molar-refractivity contribution in [2.75, 3.05) is 0 Å². The average molecular weight is 279 g/mol. The van der Waals surface area contributed by atoms with Crippen LogP contribution in [0.5, 0.6) is 0 Å². The molecule has 1 heterocycles. The van der Waals surface area contributed by atoms with Crippen LogP contribution in [0, 0.1) is 5.82 Å². The molecule has 0 radical (unpaired) electrons. The van der Waals surface area contributed by atoms with E-state index >= 15 is 0 Å². The lowest BCUT2D eigenvalue weighted by molar-refractivity contribution is 0.620. The Bertz CT molecular complexity index is 572. The van der Waals surface area contributed by atoms with Crippen LogP contribution in [0.1, 0.15) is 29.8 Å². The smallest absolute Gasteiger partial charge is 0.123 e. The predicted molar refractivity (Wildman–Crippen MR) is 75.7 cm³/mol. The van der Waals surface area contributed by atoms with Gasteiger partial charge in [0.25, 0.3) is 0 Å². The lowest BCUT2D eigenvalue weighted by Crippen LogP contribution is -2.17. The maximum atomic E-state index is 13.2. The van der Waals surface area contributed by atoms with Gasteiger partial charge in [-0.2, -0.15) is 0 Å². The van der Waals surface area contributed by atoms with Gasteiger partial charge < -0.3 is 5.73 Å². The molecular formula is C15H16ClFN2. The van der Waals surface area contributed by atoms with E-state index in [1.54, 1.807) is 12.3 Å². The number of aryl methyl sites for hydroxylation is 1. The Kier molecular flexibility index (Phi) is 4.51. The number of hydrogen-bond donors (Lipinski definition) is 1. The maximum Gasteiger partial charge on any atom is 0.123 e. The zero-order valence-corrected chi connectivity index (χ0v) is 11.5. The van der Waals surface area contributed by atoms with Gasteiger partial charge in [0, 0.05) is 11.2 Å². The van der Waals surface area contributed by atoms with Crippen LogP contribution >= 0.6 is 11.6 Å². The second-order valence-electron chi connectivity index (χ2n) is 4.45. The summed E-state index contributed by atoms with van der Waals surface area (Å²) in [6.45, 7) is 2.06. The molecule has 0 saturated heterocycles. The van der Waals surface area contributed by atoms with Gasteiger partial charge in [0.15, 0.2) is 0 Å². The average Bonchev–Trinajstić information content (AvgIpc) is 2.42. The van der Waals surface area contributed by atoms with Gasteiger partial charge in [0.05, 0.1) is 11.7 Å². The molecule has 1 aromatic heterocycles. The molecule has 2 N–H and O–H groups in total. The van der Waals surface area contributed by atoms with Crippen LogP contribution in [0.3, 0.4) is 0 Å². The molecule has 1 atom stereocenters. The third kappa shape index (κ3) is 3.31. The third-order valence-electron chi connectivity index (χ3n) is 3.11. The monoisotopic (exact) mass is 278 g/mol. The first-order valence-corrected chi connectivity index (χ1v) is 6.63. The molecule has 0 aliphatic rings. The largest absolute Gasteiger partial charge is 0.322 e. The van der Waals surface area contributed by atoms with Crippen molar-refractivity contribution in [1.29, 1.82) is 0 Å². The summed E-state index contributed by atoms with van der Waals surface area (Å²) in [5.74, 6) is -0.302. The van der Waals surface area contributed by atoms with E-state index in [2.05, 4.69) is 11.9 Å². The second-order valence-corrected chi connectivity index (χ2v) is 4.85. The second kappa shape index (κ2) is 6.13. The number of halogens is 2. The molecule has 0 aliphatic heterocycles. The number of benzene rings is 1. The fraction of sp³-hybridized carbons (Fsp3) is 0.267. The number of nitrogens with zero attached hydrogens (tertiary/aromatic N) is 1. The minimum absolute atomic E-state index is 0.282. The van der Waals surface area contributed by atoms with Crippen LogP contribution in [-0.4, -0.2) is 4.98 Å². The summed E-state index contributed by atoms with van der Waals surface area (Å²) in [7, 11) is 0. The van der Waals surface area contributed by atoms with E-state index in [0.29, 0.717) is 17.0 Å². The van der Waals surface area contributed by atoms with Crippen LogP contribution in [0.25, 0.3) is 0 Å². The quantitative estimate of drug-likeness (QED) is 0.927. The summed E-state index contributed by atoms with van der Waals surface area (Å²) in [5, 5.41) is 0.533.